The third-order valence-electron chi connectivity index (χ3n) is 2.65. The van der Waals surface area contributed by atoms with Crippen molar-refractivity contribution in [1.82, 2.24) is 4.98 Å². The Hall–Kier alpha value is -2.05. The van der Waals surface area contributed by atoms with Gasteiger partial charge in [0, 0.05) is 18.1 Å². The van der Waals surface area contributed by atoms with E-state index >= 15 is 0 Å². The Bertz CT molecular complexity index is 575. The van der Waals surface area contributed by atoms with Gasteiger partial charge < -0.3 is 5.32 Å². The Morgan fingerprint density at radius 2 is 2.22 bits per heavy atom. The van der Waals surface area contributed by atoms with Gasteiger partial charge in [-0.1, -0.05) is 17.7 Å². The summed E-state index contributed by atoms with van der Waals surface area (Å²) in [7, 11) is 0. The van der Waals surface area contributed by atoms with Gasteiger partial charge in [0.2, 0.25) is 0 Å². The van der Waals surface area contributed by atoms with Gasteiger partial charge in [0.1, 0.15) is 6.07 Å². The van der Waals surface area contributed by atoms with E-state index in [9.17, 15) is 0 Å². The van der Waals surface area contributed by atoms with Crippen LogP contribution in [-0.2, 0) is 0 Å². The highest BCUT2D eigenvalue weighted by molar-refractivity contribution is 6.31. The van der Waals surface area contributed by atoms with Crippen LogP contribution in [0, 0.1) is 11.3 Å². The minimum Gasteiger partial charge on any atom is -0.378 e. The third kappa shape index (κ3) is 2.79. The van der Waals surface area contributed by atoms with E-state index in [1.807, 2.05) is 31.3 Å². The summed E-state index contributed by atoms with van der Waals surface area (Å²) in [5.41, 5.74) is 2.43. The maximum absolute atomic E-state index is 8.92. The molecule has 0 radical (unpaired) electrons. The fraction of sp³-hybridized carbons (Fsp3) is 0.143. The summed E-state index contributed by atoms with van der Waals surface area (Å²) in [6.07, 6.45) is 3.56. The number of benzene rings is 1. The van der Waals surface area contributed by atoms with Gasteiger partial charge in [-0.05, 0) is 36.8 Å². The maximum atomic E-state index is 8.92. The molecule has 1 aromatic heterocycles. The highest BCUT2D eigenvalue weighted by atomic mass is 35.5. The Kier molecular flexibility index (Phi) is 3.81. The number of rotatable bonds is 3. The molecule has 18 heavy (non-hydrogen) atoms. The van der Waals surface area contributed by atoms with Crippen LogP contribution in [0.1, 0.15) is 24.1 Å². The number of hydrogen-bond acceptors (Lipinski definition) is 3. The number of hydrogen-bond donors (Lipinski definition) is 1. The molecule has 2 rings (SSSR count). The topological polar surface area (TPSA) is 48.7 Å². The monoisotopic (exact) mass is 257 g/mol. The van der Waals surface area contributed by atoms with Crippen molar-refractivity contribution in [2.45, 2.75) is 13.0 Å². The van der Waals surface area contributed by atoms with Crippen LogP contribution in [0.15, 0.2) is 42.7 Å². The number of anilines is 1. The van der Waals surface area contributed by atoms with E-state index in [1.165, 1.54) is 0 Å². The zero-order valence-electron chi connectivity index (χ0n) is 9.89. The molecule has 0 bridgehead atoms. The van der Waals surface area contributed by atoms with Crippen molar-refractivity contribution in [3.05, 3.63) is 58.9 Å². The zero-order valence-corrected chi connectivity index (χ0v) is 10.6. The Labute approximate surface area is 111 Å². The molecule has 4 heteroatoms. The lowest BCUT2D eigenvalue weighted by Crippen LogP contribution is -2.06. The second kappa shape index (κ2) is 5.52. The van der Waals surface area contributed by atoms with Crippen molar-refractivity contribution >= 4 is 17.3 Å². The lowest BCUT2D eigenvalue weighted by molar-refractivity contribution is 0.875. The maximum Gasteiger partial charge on any atom is 0.101 e. The molecule has 0 aliphatic rings. The largest absolute Gasteiger partial charge is 0.378 e. The molecular formula is C14H12ClN3. The van der Waals surface area contributed by atoms with Crippen LogP contribution in [0.2, 0.25) is 5.02 Å². The van der Waals surface area contributed by atoms with E-state index in [0.29, 0.717) is 10.6 Å². The van der Waals surface area contributed by atoms with Crippen LogP contribution >= 0.6 is 11.6 Å². The molecule has 0 amide bonds. The predicted molar refractivity (Wildman–Crippen MR) is 72.4 cm³/mol. The van der Waals surface area contributed by atoms with E-state index in [0.717, 1.165) is 11.3 Å². The van der Waals surface area contributed by atoms with E-state index in [1.54, 1.807) is 18.3 Å². The first kappa shape index (κ1) is 12.4. The van der Waals surface area contributed by atoms with Crippen molar-refractivity contribution < 1.29 is 0 Å². The summed E-state index contributed by atoms with van der Waals surface area (Å²) in [6.45, 7) is 2.04. The van der Waals surface area contributed by atoms with Gasteiger partial charge in [-0.15, -0.1) is 0 Å². The first-order chi connectivity index (χ1) is 8.70. The SMILES string of the molecule is CC(Nc1ccc(Cl)c(C#N)c1)c1cccnc1. The number of nitrogens with one attached hydrogen (secondary N) is 1. The number of nitrogens with zero attached hydrogens (tertiary/aromatic N) is 2. The minimum atomic E-state index is 0.117. The van der Waals surface area contributed by atoms with E-state index in [2.05, 4.69) is 16.4 Å². The molecule has 90 valence electrons. The van der Waals surface area contributed by atoms with Gasteiger partial charge in [-0.25, -0.2) is 0 Å². The van der Waals surface area contributed by atoms with Crippen molar-refractivity contribution in [2.24, 2.45) is 0 Å². The van der Waals surface area contributed by atoms with Crippen molar-refractivity contribution in [1.29, 1.82) is 5.26 Å². The van der Waals surface area contributed by atoms with Gasteiger partial charge >= 0.3 is 0 Å². The molecule has 0 saturated heterocycles. The summed E-state index contributed by atoms with van der Waals surface area (Å²) in [6, 6.07) is 11.4. The number of aromatic nitrogens is 1. The quantitative estimate of drug-likeness (QED) is 0.910. The van der Waals surface area contributed by atoms with Crippen LogP contribution in [0.3, 0.4) is 0 Å². The highest BCUT2D eigenvalue weighted by Crippen LogP contribution is 2.23. The lowest BCUT2D eigenvalue weighted by Gasteiger charge is -2.15. The fourth-order valence-corrected chi connectivity index (χ4v) is 1.83. The van der Waals surface area contributed by atoms with Gasteiger partial charge in [0.15, 0.2) is 0 Å². The lowest BCUT2D eigenvalue weighted by atomic mass is 10.1. The average molecular weight is 258 g/mol. The molecule has 0 spiro atoms. The average Bonchev–Trinajstić information content (AvgIpc) is 2.42. The first-order valence-electron chi connectivity index (χ1n) is 5.57. The van der Waals surface area contributed by atoms with Crippen LogP contribution < -0.4 is 5.32 Å². The zero-order chi connectivity index (χ0) is 13.0. The molecule has 2 aromatic rings. The second-order valence-electron chi connectivity index (χ2n) is 3.96. The van der Waals surface area contributed by atoms with Gasteiger partial charge in [-0.2, -0.15) is 5.26 Å². The number of halogens is 1. The van der Waals surface area contributed by atoms with Crippen molar-refractivity contribution in [3.8, 4) is 6.07 Å². The second-order valence-corrected chi connectivity index (χ2v) is 4.37. The van der Waals surface area contributed by atoms with Crippen molar-refractivity contribution in [2.75, 3.05) is 5.32 Å². The molecule has 1 heterocycles. The van der Waals surface area contributed by atoms with E-state index in [-0.39, 0.29) is 6.04 Å². The highest BCUT2D eigenvalue weighted by Gasteiger charge is 2.06. The molecule has 1 aromatic carbocycles. The summed E-state index contributed by atoms with van der Waals surface area (Å²) < 4.78 is 0. The molecule has 1 atom stereocenters. The summed E-state index contributed by atoms with van der Waals surface area (Å²) in [5.74, 6) is 0. The molecule has 0 fully saturated rings. The number of pyridine rings is 1. The standard InChI is InChI=1S/C14H12ClN3/c1-10(11-3-2-6-17-9-11)18-13-4-5-14(15)12(7-13)8-16/h2-7,9-10,18H,1H3. The number of nitriles is 1. The Morgan fingerprint density at radius 3 is 2.89 bits per heavy atom. The normalized spacial score (nSPS) is 11.6. The molecule has 0 aliphatic heterocycles. The summed E-state index contributed by atoms with van der Waals surface area (Å²) in [4.78, 5) is 4.08. The summed E-state index contributed by atoms with van der Waals surface area (Å²) >= 11 is 5.89. The minimum absolute atomic E-state index is 0.117. The first-order valence-corrected chi connectivity index (χ1v) is 5.94. The third-order valence-corrected chi connectivity index (χ3v) is 2.98. The summed E-state index contributed by atoms with van der Waals surface area (Å²) in [5, 5.41) is 12.7. The molecule has 3 nitrogen and oxygen atoms in total. The Balaban J connectivity index is 2.18. The smallest absolute Gasteiger partial charge is 0.101 e. The van der Waals surface area contributed by atoms with Crippen LogP contribution in [0.4, 0.5) is 5.69 Å². The van der Waals surface area contributed by atoms with E-state index < -0.39 is 0 Å². The molecule has 0 saturated carbocycles. The predicted octanol–water partition coefficient (Wildman–Crippen LogP) is 3.78. The van der Waals surface area contributed by atoms with Gasteiger partial charge in [-0.3, -0.25) is 4.98 Å². The van der Waals surface area contributed by atoms with Crippen molar-refractivity contribution in [3.63, 3.8) is 0 Å². The molecule has 1 N–H and O–H groups in total. The van der Waals surface area contributed by atoms with Crippen LogP contribution in [0.25, 0.3) is 0 Å². The van der Waals surface area contributed by atoms with Gasteiger partial charge in [0.25, 0.3) is 0 Å². The van der Waals surface area contributed by atoms with Crippen LogP contribution in [-0.4, -0.2) is 4.98 Å². The molecule has 0 aliphatic carbocycles. The van der Waals surface area contributed by atoms with E-state index in [4.69, 9.17) is 16.9 Å². The Morgan fingerprint density at radius 1 is 1.39 bits per heavy atom. The fourth-order valence-electron chi connectivity index (χ4n) is 1.67. The van der Waals surface area contributed by atoms with Crippen LogP contribution in [0.5, 0.6) is 0 Å². The van der Waals surface area contributed by atoms with Gasteiger partial charge in [0.05, 0.1) is 16.6 Å². The molecule has 1 unspecified atom stereocenters. The molecular weight excluding hydrogens is 246 g/mol.